The van der Waals surface area contributed by atoms with Crippen LogP contribution in [0.25, 0.3) is 31.5 Å². The molecule has 1 aliphatic carbocycles. The number of allylic oxidation sites excluding steroid dienone is 1. The number of aromatic nitrogens is 2. The average Bonchev–Trinajstić information content (AvgIpc) is 3.09. The first-order valence-electron chi connectivity index (χ1n) is 9.83. The molecular formula is C23H21N3OS. The Morgan fingerprint density at radius 2 is 1.93 bits per heavy atom. The molecule has 5 heteroatoms. The highest BCUT2D eigenvalue weighted by Gasteiger charge is 2.13. The van der Waals surface area contributed by atoms with Crippen molar-refractivity contribution >= 4 is 48.7 Å². The van der Waals surface area contributed by atoms with Crippen molar-refractivity contribution in [1.82, 2.24) is 15.3 Å². The molecule has 1 aliphatic rings. The second kappa shape index (κ2) is 7.32. The minimum atomic E-state index is -0.0218. The van der Waals surface area contributed by atoms with Gasteiger partial charge in [-0.1, -0.05) is 23.8 Å². The van der Waals surface area contributed by atoms with E-state index in [1.165, 1.54) is 31.3 Å². The Morgan fingerprint density at radius 1 is 1.07 bits per heavy atom. The van der Waals surface area contributed by atoms with E-state index in [4.69, 9.17) is 9.97 Å². The van der Waals surface area contributed by atoms with E-state index in [-0.39, 0.29) is 5.91 Å². The molecule has 0 aliphatic heterocycles. The molecular weight excluding hydrogens is 366 g/mol. The summed E-state index contributed by atoms with van der Waals surface area (Å²) in [5, 5.41) is 4.07. The normalized spacial score (nSPS) is 14.5. The summed E-state index contributed by atoms with van der Waals surface area (Å²) in [5.74, 6) is -0.0218. The highest BCUT2D eigenvalue weighted by Crippen LogP contribution is 2.33. The van der Waals surface area contributed by atoms with E-state index < -0.39 is 0 Å². The van der Waals surface area contributed by atoms with Crippen molar-refractivity contribution in [3.05, 3.63) is 59.7 Å². The summed E-state index contributed by atoms with van der Waals surface area (Å²) in [5.41, 5.74) is 4.82. The van der Waals surface area contributed by atoms with Crippen LogP contribution in [0.15, 0.2) is 54.1 Å². The summed E-state index contributed by atoms with van der Waals surface area (Å²) >= 11 is 1.62. The molecule has 1 N–H and O–H groups in total. The van der Waals surface area contributed by atoms with Gasteiger partial charge in [0.05, 0.1) is 11.0 Å². The quantitative estimate of drug-likeness (QED) is 0.463. The van der Waals surface area contributed by atoms with Crippen molar-refractivity contribution in [2.75, 3.05) is 6.54 Å². The van der Waals surface area contributed by atoms with Crippen LogP contribution in [-0.2, 0) is 0 Å². The summed E-state index contributed by atoms with van der Waals surface area (Å²) in [4.78, 5) is 23.1. The molecule has 0 spiro atoms. The summed E-state index contributed by atoms with van der Waals surface area (Å²) in [6.07, 6.45) is 8.21. The first-order chi connectivity index (χ1) is 13.8. The Kier molecular flexibility index (Phi) is 4.53. The van der Waals surface area contributed by atoms with Crippen LogP contribution in [0.5, 0.6) is 0 Å². The summed E-state index contributed by atoms with van der Waals surface area (Å²) in [7, 11) is 0. The molecule has 4 nitrogen and oxygen atoms in total. The van der Waals surface area contributed by atoms with Crippen LogP contribution in [0.3, 0.4) is 0 Å². The molecule has 0 atom stereocenters. The number of nitrogens with zero attached hydrogens (tertiary/aromatic N) is 2. The zero-order valence-corrected chi connectivity index (χ0v) is 16.4. The number of carbonyl (C=O) groups is 1. The smallest absolute Gasteiger partial charge is 0.251 e. The molecule has 5 rings (SSSR count). The zero-order chi connectivity index (χ0) is 18.9. The SMILES string of the molecule is O=C(NCCC1=CCCCC1)c1ccc2sc3nc4ccccc4nc3c2c1. The van der Waals surface area contributed by atoms with E-state index >= 15 is 0 Å². The second-order valence-electron chi connectivity index (χ2n) is 7.29. The van der Waals surface area contributed by atoms with Crippen LogP contribution in [0, 0.1) is 0 Å². The number of amides is 1. The molecule has 0 saturated heterocycles. The number of nitrogens with one attached hydrogen (secondary N) is 1. The minimum absolute atomic E-state index is 0.0218. The Bertz CT molecular complexity index is 1220. The third kappa shape index (κ3) is 3.27. The molecule has 4 aromatic rings. The monoisotopic (exact) mass is 387 g/mol. The van der Waals surface area contributed by atoms with Gasteiger partial charge in [-0.05, 0) is 62.4 Å². The predicted molar refractivity (Wildman–Crippen MR) is 116 cm³/mol. The summed E-state index contributed by atoms with van der Waals surface area (Å²) < 4.78 is 1.11. The maximum Gasteiger partial charge on any atom is 0.251 e. The van der Waals surface area contributed by atoms with E-state index in [1.54, 1.807) is 11.3 Å². The molecule has 2 aromatic heterocycles. The topological polar surface area (TPSA) is 54.9 Å². The van der Waals surface area contributed by atoms with Crippen molar-refractivity contribution < 1.29 is 4.79 Å². The molecule has 1 amide bonds. The Labute approximate surface area is 167 Å². The van der Waals surface area contributed by atoms with E-state index in [2.05, 4.69) is 11.4 Å². The molecule has 0 saturated carbocycles. The molecule has 2 aromatic carbocycles. The molecule has 0 fully saturated rings. The van der Waals surface area contributed by atoms with Gasteiger partial charge in [-0.3, -0.25) is 4.79 Å². The fraction of sp³-hybridized carbons (Fsp3) is 0.261. The van der Waals surface area contributed by atoms with Gasteiger partial charge in [0.1, 0.15) is 10.3 Å². The lowest BCUT2D eigenvalue weighted by Gasteiger charge is -2.13. The van der Waals surface area contributed by atoms with E-state index in [0.717, 1.165) is 37.9 Å². The standard InChI is InChI=1S/C23H21N3OS/c27-22(24-13-12-15-6-2-1-3-7-15)16-10-11-20-17(14-16)21-23(28-20)26-19-9-5-4-8-18(19)25-21/h4-6,8-11,14H,1-3,7,12-13H2,(H,24,27). The number of benzene rings is 2. The maximum atomic E-state index is 12.6. The van der Waals surface area contributed by atoms with Crippen LogP contribution >= 0.6 is 11.3 Å². The summed E-state index contributed by atoms with van der Waals surface area (Å²) in [6.45, 7) is 0.692. The minimum Gasteiger partial charge on any atom is -0.352 e. The van der Waals surface area contributed by atoms with Gasteiger partial charge in [-0.25, -0.2) is 9.97 Å². The van der Waals surface area contributed by atoms with Gasteiger partial charge >= 0.3 is 0 Å². The van der Waals surface area contributed by atoms with E-state index in [1.807, 2.05) is 42.5 Å². The lowest BCUT2D eigenvalue weighted by molar-refractivity contribution is 0.0954. The molecule has 0 bridgehead atoms. The Balaban J connectivity index is 1.41. The van der Waals surface area contributed by atoms with Gasteiger partial charge in [0.15, 0.2) is 0 Å². The first kappa shape index (κ1) is 17.3. The van der Waals surface area contributed by atoms with E-state index in [0.29, 0.717) is 12.1 Å². The molecule has 2 heterocycles. The van der Waals surface area contributed by atoms with E-state index in [9.17, 15) is 4.79 Å². The Hall–Kier alpha value is -2.79. The van der Waals surface area contributed by atoms with Crippen molar-refractivity contribution in [3.63, 3.8) is 0 Å². The van der Waals surface area contributed by atoms with Crippen LogP contribution in [0.1, 0.15) is 42.5 Å². The molecule has 28 heavy (non-hydrogen) atoms. The number of rotatable bonds is 4. The predicted octanol–water partition coefficient (Wildman–Crippen LogP) is 5.62. The van der Waals surface area contributed by atoms with Crippen molar-refractivity contribution in [3.8, 4) is 0 Å². The highest BCUT2D eigenvalue weighted by molar-refractivity contribution is 7.25. The number of thiophene rings is 1. The lowest BCUT2D eigenvalue weighted by atomic mass is 9.97. The summed E-state index contributed by atoms with van der Waals surface area (Å²) in [6, 6.07) is 13.8. The maximum absolute atomic E-state index is 12.6. The van der Waals surface area contributed by atoms with Gasteiger partial charge in [0, 0.05) is 22.2 Å². The highest BCUT2D eigenvalue weighted by atomic mass is 32.1. The molecule has 0 unspecified atom stereocenters. The number of fused-ring (bicyclic) bond motifs is 4. The van der Waals surface area contributed by atoms with Crippen LogP contribution in [0.2, 0.25) is 0 Å². The number of para-hydroxylation sites is 2. The van der Waals surface area contributed by atoms with Crippen LogP contribution < -0.4 is 5.32 Å². The number of carbonyl (C=O) groups excluding carboxylic acids is 1. The third-order valence-electron chi connectivity index (χ3n) is 5.36. The van der Waals surface area contributed by atoms with Crippen molar-refractivity contribution in [2.45, 2.75) is 32.1 Å². The van der Waals surface area contributed by atoms with Gasteiger partial charge in [-0.2, -0.15) is 0 Å². The Morgan fingerprint density at radius 3 is 2.75 bits per heavy atom. The van der Waals surface area contributed by atoms with Gasteiger partial charge in [-0.15, -0.1) is 11.3 Å². The van der Waals surface area contributed by atoms with Crippen molar-refractivity contribution in [2.24, 2.45) is 0 Å². The van der Waals surface area contributed by atoms with Gasteiger partial charge in [0.2, 0.25) is 0 Å². The molecule has 140 valence electrons. The number of hydrogen-bond donors (Lipinski definition) is 1. The first-order valence-corrected chi connectivity index (χ1v) is 10.6. The number of hydrogen-bond acceptors (Lipinski definition) is 4. The fourth-order valence-corrected chi connectivity index (χ4v) is 4.86. The molecule has 0 radical (unpaired) electrons. The lowest BCUT2D eigenvalue weighted by Crippen LogP contribution is -2.24. The van der Waals surface area contributed by atoms with Gasteiger partial charge < -0.3 is 5.32 Å². The largest absolute Gasteiger partial charge is 0.352 e. The fourth-order valence-electron chi connectivity index (χ4n) is 3.85. The zero-order valence-electron chi connectivity index (χ0n) is 15.6. The van der Waals surface area contributed by atoms with Crippen molar-refractivity contribution in [1.29, 1.82) is 0 Å². The van der Waals surface area contributed by atoms with Gasteiger partial charge in [0.25, 0.3) is 5.91 Å². The second-order valence-corrected chi connectivity index (χ2v) is 8.32. The van der Waals surface area contributed by atoms with Crippen LogP contribution in [0.4, 0.5) is 0 Å². The van der Waals surface area contributed by atoms with Crippen LogP contribution in [-0.4, -0.2) is 22.4 Å². The third-order valence-corrected chi connectivity index (χ3v) is 6.41. The average molecular weight is 388 g/mol.